The van der Waals surface area contributed by atoms with E-state index < -0.39 is 0 Å². The zero-order valence-electron chi connectivity index (χ0n) is 6.13. The predicted molar refractivity (Wildman–Crippen MR) is 43.3 cm³/mol. The third-order valence-corrected chi connectivity index (χ3v) is 1.64. The molecule has 0 radical (unpaired) electrons. The molecule has 11 heavy (non-hydrogen) atoms. The van der Waals surface area contributed by atoms with Crippen LogP contribution in [0.5, 0.6) is 0 Å². The Balaban J connectivity index is 3.01. The molecule has 1 aromatic heterocycles. The number of pyridine rings is 1. The van der Waals surface area contributed by atoms with Gasteiger partial charge in [-0.2, -0.15) is 5.26 Å². The quantitative estimate of drug-likeness (QED) is 0.600. The van der Waals surface area contributed by atoms with Crippen molar-refractivity contribution in [1.29, 1.82) is 5.26 Å². The third-order valence-electron chi connectivity index (χ3n) is 1.43. The molecule has 0 fully saturated rings. The first-order valence-corrected chi connectivity index (χ1v) is 3.61. The number of aryl methyl sites for hydroxylation is 1. The summed E-state index contributed by atoms with van der Waals surface area (Å²) < 4.78 is 0. The summed E-state index contributed by atoms with van der Waals surface area (Å²) in [5.41, 5.74) is 1.77. The van der Waals surface area contributed by atoms with Gasteiger partial charge in [-0.3, -0.25) is 0 Å². The second-order valence-electron chi connectivity index (χ2n) is 2.21. The first-order valence-electron chi connectivity index (χ1n) is 3.23. The number of aromatic nitrogens is 1. The molecule has 1 heterocycles. The summed E-state index contributed by atoms with van der Waals surface area (Å²) in [6, 6.07) is 5.58. The van der Waals surface area contributed by atoms with Crippen LogP contribution in [0.4, 0.5) is 0 Å². The minimum atomic E-state index is 0.399. The topological polar surface area (TPSA) is 36.7 Å². The number of nitrogens with zero attached hydrogens (tertiary/aromatic N) is 2. The summed E-state index contributed by atoms with van der Waals surface area (Å²) in [5, 5.41) is 8.88. The van der Waals surface area contributed by atoms with Crippen LogP contribution < -0.4 is 0 Å². The minimum absolute atomic E-state index is 0.399. The first-order chi connectivity index (χ1) is 5.24. The highest BCUT2D eigenvalue weighted by Crippen LogP contribution is 2.10. The van der Waals surface area contributed by atoms with Crippen LogP contribution in [0.3, 0.4) is 0 Å². The van der Waals surface area contributed by atoms with Crippen molar-refractivity contribution in [3.8, 4) is 6.07 Å². The highest BCUT2D eigenvalue weighted by Gasteiger charge is 1.98. The van der Waals surface area contributed by atoms with E-state index in [1.165, 1.54) is 0 Å². The summed E-state index contributed by atoms with van der Waals surface area (Å²) in [4.78, 5) is 4.01. The molecule has 0 saturated carbocycles. The zero-order chi connectivity index (χ0) is 8.27. The van der Waals surface area contributed by atoms with Crippen LogP contribution in [0.1, 0.15) is 11.3 Å². The molecule has 2 nitrogen and oxygen atoms in total. The van der Waals surface area contributed by atoms with Gasteiger partial charge < -0.3 is 0 Å². The molecular weight excluding hydrogens is 160 g/mol. The van der Waals surface area contributed by atoms with E-state index in [2.05, 4.69) is 11.1 Å². The second-order valence-corrected chi connectivity index (χ2v) is 2.60. The fourth-order valence-corrected chi connectivity index (χ4v) is 1.02. The number of hydrogen-bond acceptors (Lipinski definition) is 2. The number of halogens is 1. The molecule has 0 aliphatic heterocycles. The van der Waals surface area contributed by atoms with Crippen molar-refractivity contribution in [2.24, 2.45) is 0 Å². The van der Waals surface area contributed by atoms with Gasteiger partial charge in [0, 0.05) is 5.69 Å². The van der Waals surface area contributed by atoms with Gasteiger partial charge in [-0.15, -0.1) is 0 Å². The minimum Gasteiger partial charge on any atom is -0.241 e. The lowest BCUT2D eigenvalue weighted by Crippen LogP contribution is -1.90. The van der Waals surface area contributed by atoms with Crippen LogP contribution in [0.2, 0.25) is 5.15 Å². The standard InChI is InChI=1S/C8H7ClN2/c1-6-7(4-5-10)2-3-8(9)11-6/h2-3H,4H2,1H3. The van der Waals surface area contributed by atoms with Gasteiger partial charge in [0.25, 0.3) is 0 Å². The van der Waals surface area contributed by atoms with E-state index in [9.17, 15) is 0 Å². The van der Waals surface area contributed by atoms with Crippen molar-refractivity contribution >= 4 is 11.6 Å². The molecule has 0 amide bonds. The molecule has 0 bridgehead atoms. The lowest BCUT2D eigenvalue weighted by molar-refractivity contribution is 1.11. The fourth-order valence-electron chi connectivity index (χ4n) is 0.831. The van der Waals surface area contributed by atoms with E-state index in [0.717, 1.165) is 11.3 Å². The second kappa shape index (κ2) is 3.36. The summed E-state index contributed by atoms with van der Waals surface area (Å²) in [7, 11) is 0. The molecule has 0 atom stereocenters. The van der Waals surface area contributed by atoms with Crippen LogP contribution in [-0.4, -0.2) is 4.98 Å². The smallest absolute Gasteiger partial charge is 0.129 e. The average Bonchev–Trinajstić information content (AvgIpc) is 1.95. The molecule has 0 aromatic carbocycles. The number of rotatable bonds is 1. The summed E-state index contributed by atoms with van der Waals surface area (Å²) in [6.07, 6.45) is 0.399. The monoisotopic (exact) mass is 166 g/mol. The molecule has 0 N–H and O–H groups in total. The van der Waals surface area contributed by atoms with Crippen molar-refractivity contribution in [3.63, 3.8) is 0 Å². The van der Waals surface area contributed by atoms with E-state index >= 15 is 0 Å². The lowest BCUT2D eigenvalue weighted by atomic mass is 10.1. The van der Waals surface area contributed by atoms with Gasteiger partial charge in [-0.05, 0) is 18.6 Å². The summed E-state index contributed by atoms with van der Waals surface area (Å²) in [6.45, 7) is 1.85. The molecule has 1 rings (SSSR count). The number of nitriles is 1. The molecule has 56 valence electrons. The highest BCUT2D eigenvalue weighted by molar-refractivity contribution is 6.29. The SMILES string of the molecule is Cc1nc(Cl)ccc1CC#N. The van der Waals surface area contributed by atoms with Crippen molar-refractivity contribution in [2.75, 3.05) is 0 Å². The van der Waals surface area contributed by atoms with Gasteiger partial charge in [-0.1, -0.05) is 17.7 Å². The van der Waals surface area contributed by atoms with E-state index in [4.69, 9.17) is 16.9 Å². The Labute approximate surface area is 70.4 Å². The maximum atomic E-state index is 8.40. The fraction of sp³-hybridized carbons (Fsp3) is 0.250. The molecule has 0 unspecified atom stereocenters. The van der Waals surface area contributed by atoms with Crippen molar-refractivity contribution < 1.29 is 0 Å². The molecular formula is C8H7ClN2. The Bertz CT molecular complexity index is 301. The van der Waals surface area contributed by atoms with Crippen molar-refractivity contribution in [1.82, 2.24) is 4.98 Å². The average molecular weight is 167 g/mol. The maximum Gasteiger partial charge on any atom is 0.129 e. The molecule has 3 heteroatoms. The van der Waals surface area contributed by atoms with Crippen LogP contribution in [0.25, 0.3) is 0 Å². The number of hydrogen-bond donors (Lipinski definition) is 0. The lowest BCUT2D eigenvalue weighted by Gasteiger charge is -1.98. The van der Waals surface area contributed by atoms with E-state index in [1.54, 1.807) is 6.07 Å². The summed E-state index contributed by atoms with van der Waals surface area (Å²) in [5.74, 6) is 0. The van der Waals surface area contributed by atoms with Gasteiger partial charge in [0.1, 0.15) is 5.15 Å². The van der Waals surface area contributed by atoms with E-state index in [-0.39, 0.29) is 0 Å². The largest absolute Gasteiger partial charge is 0.241 e. The molecule has 0 aliphatic rings. The van der Waals surface area contributed by atoms with Crippen LogP contribution in [0.15, 0.2) is 12.1 Å². The third kappa shape index (κ3) is 1.92. The highest BCUT2D eigenvalue weighted by atomic mass is 35.5. The Morgan fingerprint density at radius 2 is 2.36 bits per heavy atom. The predicted octanol–water partition coefficient (Wildman–Crippen LogP) is 2.11. The molecule has 0 spiro atoms. The zero-order valence-corrected chi connectivity index (χ0v) is 6.89. The Morgan fingerprint density at radius 3 is 2.91 bits per heavy atom. The Kier molecular flexibility index (Phi) is 2.45. The maximum absolute atomic E-state index is 8.40. The van der Waals surface area contributed by atoms with Gasteiger partial charge >= 0.3 is 0 Å². The van der Waals surface area contributed by atoms with E-state index in [1.807, 2.05) is 13.0 Å². The summed E-state index contributed by atoms with van der Waals surface area (Å²) >= 11 is 5.62. The molecule has 0 aliphatic carbocycles. The Hall–Kier alpha value is -1.07. The first kappa shape index (κ1) is 8.03. The van der Waals surface area contributed by atoms with Crippen molar-refractivity contribution in [2.45, 2.75) is 13.3 Å². The van der Waals surface area contributed by atoms with Crippen LogP contribution in [0, 0.1) is 18.3 Å². The van der Waals surface area contributed by atoms with Gasteiger partial charge in [-0.25, -0.2) is 4.98 Å². The Morgan fingerprint density at radius 1 is 1.64 bits per heavy atom. The normalized spacial score (nSPS) is 9.18. The van der Waals surface area contributed by atoms with Crippen LogP contribution in [-0.2, 0) is 6.42 Å². The van der Waals surface area contributed by atoms with Crippen LogP contribution >= 0.6 is 11.6 Å². The molecule has 0 saturated heterocycles. The van der Waals surface area contributed by atoms with Gasteiger partial charge in [0.15, 0.2) is 0 Å². The van der Waals surface area contributed by atoms with E-state index in [0.29, 0.717) is 11.6 Å². The van der Waals surface area contributed by atoms with Gasteiger partial charge in [0.05, 0.1) is 12.5 Å². The van der Waals surface area contributed by atoms with Crippen molar-refractivity contribution in [3.05, 3.63) is 28.5 Å². The molecule has 1 aromatic rings. The van der Waals surface area contributed by atoms with Gasteiger partial charge in [0.2, 0.25) is 0 Å².